The molecule has 0 aliphatic heterocycles. The number of ether oxygens (including phenoxy) is 2. The van der Waals surface area contributed by atoms with E-state index in [1.807, 2.05) is 66.7 Å². The number of carbonyl (C=O) groups is 1. The van der Waals surface area contributed by atoms with E-state index in [1.165, 1.54) is 0 Å². The van der Waals surface area contributed by atoms with Crippen LogP contribution in [0.3, 0.4) is 0 Å². The van der Waals surface area contributed by atoms with E-state index >= 15 is 0 Å². The molecular formula is C25H22N2O3S. The topological polar surface area (TPSA) is 60.5 Å². The molecule has 0 atom stereocenters. The van der Waals surface area contributed by atoms with Crippen LogP contribution in [0.25, 0.3) is 10.8 Å². The van der Waals surface area contributed by atoms with E-state index in [0.29, 0.717) is 17.3 Å². The minimum absolute atomic E-state index is 0.130. The number of thioether (sulfide) groups is 1. The summed E-state index contributed by atoms with van der Waals surface area (Å²) in [6.07, 6.45) is 1.62. The molecule has 4 aromatic rings. The molecule has 0 aliphatic rings. The average Bonchev–Trinajstić information content (AvgIpc) is 2.82. The number of pyridine rings is 1. The highest BCUT2D eigenvalue weighted by Gasteiger charge is 2.11. The zero-order valence-electron chi connectivity index (χ0n) is 17.1. The van der Waals surface area contributed by atoms with Crippen molar-refractivity contribution < 1.29 is 14.3 Å². The lowest BCUT2D eigenvalue weighted by Gasteiger charge is -2.13. The summed E-state index contributed by atoms with van der Waals surface area (Å²) < 4.78 is 11.1. The van der Waals surface area contributed by atoms with E-state index in [2.05, 4.69) is 22.4 Å². The third-order valence-corrected chi connectivity index (χ3v) is 5.71. The lowest BCUT2D eigenvalue weighted by atomic mass is 10.1. The first-order valence-electron chi connectivity index (χ1n) is 9.84. The molecule has 1 heterocycles. The summed E-state index contributed by atoms with van der Waals surface area (Å²) in [5.41, 5.74) is 1.60. The van der Waals surface area contributed by atoms with Gasteiger partial charge in [-0.05, 0) is 23.6 Å². The van der Waals surface area contributed by atoms with E-state index in [9.17, 15) is 4.79 Å². The second-order valence-electron chi connectivity index (χ2n) is 6.79. The van der Waals surface area contributed by atoms with E-state index in [1.54, 1.807) is 25.1 Å². The molecule has 1 aromatic heterocycles. The molecular weight excluding hydrogens is 408 g/mol. The van der Waals surface area contributed by atoms with Crippen molar-refractivity contribution in [2.45, 2.75) is 10.6 Å². The molecule has 0 unspecified atom stereocenters. The van der Waals surface area contributed by atoms with E-state index < -0.39 is 0 Å². The van der Waals surface area contributed by atoms with Gasteiger partial charge in [-0.15, -0.1) is 11.8 Å². The first-order valence-corrected chi connectivity index (χ1v) is 10.8. The number of benzene rings is 3. The molecule has 31 heavy (non-hydrogen) atoms. The van der Waals surface area contributed by atoms with Crippen molar-refractivity contribution in [3.8, 4) is 11.5 Å². The zero-order valence-corrected chi connectivity index (χ0v) is 17.9. The number of hydrogen-bond acceptors (Lipinski definition) is 5. The minimum Gasteiger partial charge on any atom is -0.491 e. The fourth-order valence-electron chi connectivity index (χ4n) is 3.15. The molecule has 0 aliphatic carbocycles. The number of methoxy groups -OCH3 is 1. The zero-order chi connectivity index (χ0) is 21.5. The van der Waals surface area contributed by atoms with Crippen molar-refractivity contribution in [3.63, 3.8) is 0 Å². The number of carbonyl (C=O) groups excluding carboxylic acids is 1. The Bertz CT molecular complexity index is 1180. The van der Waals surface area contributed by atoms with Gasteiger partial charge in [0.1, 0.15) is 0 Å². The number of hydrogen-bond donors (Lipinski definition) is 1. The van der Waals surface area contributed by atoms with Crippen LogP contribution in [0.1, 0.15) is 5.69 Å². The smallest absolute Gasteiger partial charge is 0.262 e. The van der Waals surface area contributed by atoms with Crippen molar-refractivity contribution >= 4 is 34.1 Å². The van der Waals surface area contributed by atoms with Gasteiger partial charge in [-0.1, -0.05) is 54.6 Å². The molecule has 1 N–H and O–H groups in total. The second kappa shape index (κ2) is 10.00. The quantitative estimate of drug-likeness (QED) is 0.371. The lowest BCUT2D eigenvalue weighted by Crippen LogP contribution is -2.20. The van der Waals surface area contributed by atoms with Gasteiger partial charge in [0, 0.05) is 27.8 Å². The summed E-state index contributed by atoms with van der Waals surface area (Å²) in [4.78, 5) is 18.1. The van der Waals surface area contributed by atoms with Gasteiger partial charge in [-0.3, -0.25) is 9.78 Å². The maximum Gasteiger partial charge on any atom is 0.262 e. The largest absolute Gasteiger partial charge is 0.491 e. The van der Waals surface area contributed by atoms with Crippen LogP contribution in [0.15, 0.2) is 90.0 Å². The number of rotatable bonds is 8. The van der Waals surface area contributed by atoms with Gasteiger partial charge in [-0.2, -0.15) is 0 Å². The SMILES string of the molecule is COc1cnc(CSc2ccccc2)cc1OCC(=O)Nc1cccc2ccccc12. The average molecular weight is 431 g/mol. The van der Waals surface area contributed by atoms with Crippen LogP contribution in [-0.2, 0) is 10.5 Å². The number of aromatic nitrogens is 1. The Labute approximate surface area is 185 Å². The second-order valence-corrected chi connectivity index (χ2v) is 7.84. The molecule has 4 rings (SSSR count). The fraction of sp³-hybridized carbons (Fsp3) is 0.120. The Morgan fingerprint density at radius 1 is 0.968 bits per heavy atom. The predicted octanol–water partition coefficient (Wildman–Crippen LogP) is 5.55. The highest BCUT2D eigenvalue weighted by Crippen LogP contribution is 2.30. The van der Waals surface area contributed by atoms with Crippen molar-refractivity contribution in [1.82, 2.24) is 4.98 Å². The van der Waals surface area contributed by atoms with Crippen LogP contribution in [0.2, 0.25) is 0 Å². The summed E-state index contributed by atoms with van der Waals surface area (Å²) >= 11 is 1.68. The summed E-state index contributed by atoms with van der Waals surface area (Å²) in [6, 6.07) is 25.7. The molecule has 0 saturated heterocycles. The molecule has 5 nitrogen and oxygen atoms in total. The maximum absolute atomic E-state index is 12.5. The number of fused-ring (bicyclic) bond motifs is 1. The van der Waals surface area contributed by atoms with Crippen LogP contribution in [0, 0.1) is 0 Å². The summed E-state index contributed by atoms with van der Waals surface area (Å²) in [5.74, 6) is 1.43. The molecule has 0 saturated carbocycles. The van der Waals surface area contributed by atoms with Gasteiger partial charge < -0.3 is 14.8 Å². The summed E-state index contributed by atoms with van der Waals surface area (Å²) in [7, 11) is 1.55. The molecule has 156 valence electrons. The number of amides is 1. The van der Waals surface area contributed by atoms with Gasteiger partial charge in [-0.25, -0.2) is 0 Å². The summed E-state index contributed by atoms with van der Waals surface area (Å²) in [5, 5.41) is 4.98. The molecule has 1 amide bonds. The third kappa shape index (κ3) is 5.35. The monoisotopic (exact) mass is 430 g/mol. The Morgan fingerprint density at radius 3 is 2.58 bits per heavy atom. The van der Waals surface area contributed by atoms with Gasteiger partial charge in [0.05, 0.1) is 19.0 Å². The van der Waals surface area contributed by atoms with E-state index in [-0.39, 0.29) is 12.5 Å². The van der Waals surface area contributed by atoms with E-state index in [4.69, 9.17) is 9.47 Å². The number of nitrogens with zero attached hydrogens (tertiary/aromatic N) is 1. The molecule has 0 fully saturated rings. The van der Waals surface area contributed by atoms with Gasteiger partial charge in [0.2, 0.25) is 0 Å². The van der Waals surface area contributed by atoms with Gasteiger partial charge in [0.25, 0.3) is 5.91 Å². The highest BCUT2D eigenvalue weighted by atomic mass is 32.2. The maximum atomic E-state index is 12.5. The summed E-state index contributed by atoms with van der Waals surface area (Å²) in [6.45, 7) is -0.130. The van der Waals surface area contributed by atoms with Crippen LogP contribution in [0.4, 0.5) is 5.69 Å². The molecule has 0 radical (unpaired) electrons. The first kappa shape index (κ1) is 20.8. The lowest BCUT2D eigenvalue weighted by molar-refractivity contribution is -0.118. The molecule has 0 bridgehead atoms. The van der Waals surface area contributed by atoms with Crippen molar-refractivity contribution in [2.24, 2.45) is 0 Å². The Balaban J connectivity index is 1.41. The van der Waals surface area contributed by atoms with Crippen LogP contribution in [0.5, 0.6) is 11.5 Å². The standard InChI is InChI=1S/C25H22N2O3S/c1-29-24-15-26-19(17-31-20-10-3-2-4-11-20)14-23(24)30-16-25(28)27-22-13-7-9-18-8-5-6-12-21(18)22/h2-15H,16-17H2,1H3,(H,27,28). The molecule has 3 aromatic carbocycles. The molecule has 6 heteroatoms. The van der Waals surface area contributed by atoms with Crippen LogP contribution >= 0.6 is 11.8 Å². The van der Waals surface area contributed by atoms with Gasteiger partial charge >= 0.3 is 0 Å². The van der Waals surface area contributed by atoms with Crippen molar-refractivity contribution in [3.05, 3.63) is 90.8 Å². The number of anilines is 1. The highest BCUT2D eigenvalue weighted by molar-refractivity contribution is 7.98. The van der Waals surface area contributed by atoms with Crippen molar-refractivity contribution in [1.29, 1.82) is 0 Å². The van der Waals surface area contributed by atoms with Crippen LogP contribution < -0.4 is 14.8 Å². The Kier molecular flexibility index (Phi) is 6.69. The van der Waals surface area contributed by atoms with Crippen LogP contribution in [-0.4, -0.2) is 24.6 Å². The first-order chi connectivity index (χ1) is 15.2. The number of nitrogens with one attached hydrogen (secondary N) is 1. The van der Waals surface area contributed by atoms with Gasteiger partial charge in [0.15, 0.2) is 18.1 Å². The minimum atomic E-state index is -0.240. The molecule has 0 spiro atoms. The Hall–Kier alpha value is -3.51. The fourth-order valence-corrected chi connectivity index (χ4v) is 3.97. The normalized spacial score (nSPS) is 10.6. The predicted molar refractivity (Wildman–Crippen MR) is 125 cm³/mol. The Morgan fingerprint density at radius 2 is 1.74 bits per heavy atom. The third-order valence-electron chi connectivity index (χ3n) is 4.66. The van der Waals surface area contributed by atoms with Crippen molar-refractivity contribution in [2.75, 3.05) is 19.0 Å². The van der Waals surface area contributed by atoms with E-state index in [0.717, 1.165) is 27.0 Å².